The highest BCUT2D eigenvalue weighted by atomic mass is 32.2. The minimum absolute atomic E-state index is 0.122. The van der Waals surface area contributed by atoms with Crippen LogP contribution in [0.2, 0.25) is 0 Å². The van der Waals surface area contributed by atoms with Crippen molar-refractivity contribution in [1.29, 1.82) is 0 Å². The molecule has 0 spiro atoms. The van der Waals surface area contributed by atoms with E-state index >= 15 is 0 Å². The van der Waals surface area contributed by atoms with Gasteiger partial charge in [0.15, 0.2) is 0 Å². The van der Waals surface area contributed by atoms with Gasteiger partial charge >= 0.3 is 0 Å². The zero-order valence-electron chi connectivity index (χ0n) is 11.8. The topological polar surface area (TPSA) is 72.2 Å². The molecular formula is C14H21FN2O2S. The smallest absolute Gasteiger partial charge is 0.243 e. The van der Waals surface area contributed by atoms with Crippen molar-refractivity contribution in [3.8, 4) is 0 Å². The average Bonchev–Trinajstić information content (AvgIpc) is 2.69. The minimum Gasteiger partial charge on any atom is -0.326 e. The van der Waals surface area contributed by atoms with Crippen molar-refractivity contribution in [1.82, 2.24) is 4.72 Å². The molecule has 1 aliphatic carbocycles. The Balaban J connectivity index is 2.23. The molecule has 1 aromatic rings. The fourth-order valence-corrected chi connectivity index (χ4v) is 4.10. The Hall–Kier alpha value is -0.980. The summed E-state index contributed by atoms with van der Waals surface area (Å²) in [6.07, 6.45) is 1.78. The van der Waals surface area contributed by atoms with E-state index in [1.54, 1.807) is 6.07 Å². The van der Waals surface area contributed by atoms with Crippen LogP contribution >= 0.6 is 0 Å². The summed E-state index contributed by atoms with van der Waals surface area (Å²) in [4.78, 5) is -0.304. The van der Waals surface area contributed by atoms with E-state index in [4.69, 9.17) is 5.73 Å². The molecule has 112 valence electrons. The summed E-state index contributed by atoms with van der Waals surface area (Å²) in [6.45, 7) is 4.32. The quantitative estimate of drug-likeness (QED) is 0.893. The molecule has 3 unspecified atom stereocenters. The van der Waals surface area contributed by atoms with Gasteiger partial charge in [0.05, 0.1) is 0 Å². The number of sulfonamides is 1. The Morgan fingerprint density at radius 2 is 2.05 bits per heavy atom. The molecule has 1 saturated carbocycles. The number of rotatable bonds is 4. The second-order valence-corrected chi connectivity index (χ2v) is 7.29. The van der Waals surface area contributed by atoms with E-state index < -0.39 is 15.8 Å². The molecule has 4 nitrogen and oxygen atoms in total. The first-order valence-electron chi connectivity index (χ1n) is 6.86. The van der Waals surface area contributed by atoms with Crippen molar-refractivity contribution in [2.75, 3.05) is 0 Å². The van der Waals surface area contributed by atoms with Gasteiger partial charge in [0.25, 0.3) is 0 Å². The van der Waals surface area contributed by atoms with Gasteiger partial charge in [-0.05, 0) is 42.4 Å². The van der Waals surface area contributed by atoms with Crippen LogP contribution in [0.25, 0.3) is 0 Å². The van der Waals surface area contributed by atoms with Crippen LogP contribution in [0.1, 0.15) is 32.3 Å². The second kappa shape index (κ2) is 5.79. The maximum Gasteiger partial charge on any atom is 0.243 e. The number of nitrogens with one attached hydrogen (secondary N) is 1. The van der Waals surface area contributed by atoms with Crippen LogP contribution in [-0.4, -0.2) is 14.5 Å². The third-order valence-electron chi connectivity index (χ3n) is 4.29. The first kappa shape index (κ1) is 15.4. The van der Waals surface area contributed by atoms with Crippen LogP contribution in [0.4, 0.5) is 4.39 Å². The summed E-state index contributed by atoms with van der Waals surface area (Å²) >= 11 is 0. The van der Waals surface area contributed by atoms with E-state index in [9.17, 15) is 12.8 Å². The van der Waals surface area contributed by atoms with Crippen LogP contribution in [0.3, 0.4) is 0 Å². The standard InChI is InChI=1S/C14H21FN2O2S/c1-9-3-5-13(10(9)2)17-20(18,19)14-6-4-11(8-16)7-12(14)15/h4,6-7,9-10,13,17H,3,5,8,16H2,1-2H3. The van der Waals surface area contributed by atoms with Crippen molar-refractivity contribution in [3.05, 3.63) is 29.6 Å². The molecule has 0 aromatic heterocycles. The lowest BCUT2D eigenvalue weighted by Gasteiger charge is -2.20. The number of halogens is 1. The number of nitrogens with two attached hydrogens (primary N) is 1. The van der Waals surface area contributed by atoms with Crippen molar-refractivity contribution in [2.24, 2.45) is 17.6 Å². The second-order valence-electron chi connectivity index (χ2n) is 5.61. The van der Waals surface area contributed by atoms with E-state index in [1.807, 2.05) is 6.92 Å². The molecule has 6 heteroatoms. The van der Waals surface area contributed by atoms with Gasteiger partial charge in [-0.3, -0.25) is 0 Å². The Kier molecular flexibility index (Phi) is 4.46. The lowest BCUT2D eigenvalue weighted by atomic mass is 9.98. The molecular weight excluding hydrogens is 279 g/mol. The Morgan fingerprint density at radius 3 is 2.55 bits per heavy atom. The maximum absolute atomic E-state index is 13.9. The fourth-order valence-electron chi connectivity index (χ4n) is 2.68. The molecule has 3 N–H and O–H groups in total. The van der Waals surface area contributed by atoms with Crippen molar-refractivity contribution < 1.29 is 12.8 Å². The van der Waals surface area contributed by atoms with Gasteiger partial charge in [-0.25, -0.2) is 17.5 Å². The number of hydrogen-bond acceptors (Lipinski definition) is 3. The minimum atomic E-state index is -3.82. The van der Waals surface area contributed by atoms with Crippen LogP contribution in [0, 0.1) is 17.7 Å². The third-order valence-corrected chi connectivity index (χ3v) is 5.82. The van der Waals surface area contributed by atoms with E-state index in [-0.39, 0.29) is 23.4 Å². The zero-order chi connectivity index (χ0) is 14.9. The van der Waals surface area contributed by atoms with Gasteiger partial charge in [0, 0.05) is 12.6 Å². The molecule has 2 rings (SSSR count). The monoisotopic (exact) mass is 300 g/mol. The first-order chi connectivity index (χ1) is 9.35. The van der Waals surface area contributed by atoms with Crippen LogP contribution in [-0.2, 0) is 16.6 Å². The number of benzene rings is 1. The highest BCUT2D eigenvalue weighted by Crippen LogP contribution is 2.32. The Bertz CT molecular complexity index is 589. The summed E-state index contributed by atoms with van der Waals surface area (Å²) in [5.74, 6) is -0.0116. The van der Waals surface area contributed by atoms with Crippen LogP contribution in [0.15, 0.2) is 23.1 Å². The van der Waals surface area contributed by atoms with E-state index in [0.29, 0.717) is 11.5 Å². The van der Waals surface area contributed by atoms with Gasteiger partial charge in [0.1, 0.15) is 10.7 Å². The molecule has 1 aromatic carbocycles. The van der Waals surface area contributed by atoms with E-state index in [2.05, 4.69) is 11.6 Å². The molecule has 0 saturated heterocycles. The molecule has 0 heterocycles. The Labute approximate surface area is 119 Å². The van der Waals surface area contributed by atoms with E-state index in [1.165, 1.54) is 12.1 Å². The van der Waals surface area contributed by atoms with Gasteiger partial charge in [-0.15, -0.1) is 0 Å². The first-order valence-corrected chi connectivity index (χ1v) is 8.34. The predicted molar refractivity (Wildman–Crippen MR) is 76.0 cm³/mol. The molecule has 20 heavy (non-hydrogen) atoms. The van der Waals surface area contributed by atoms with Gasteiger partial charge < -0.3 is 5.73 Å². The fraction of sp³-hybridized carbons (Fsp3) is 0.571. The normalized spacial score (nSPS) is 26.9. The maximum atomic E-state index is 13.9. The third kappa shape index (κ3) is 3.02. The summed E-state index contributed by atoms with van der Waals surface area (Å²) in [6, 6.07) is 3.87. The molecule has 0 radical (unpaired) electrons. The highest BCUT2D eigenvalue weighted by Gasteiger charge is 2.33. The summed E-state index contributed by atoms with van der Waals surface area (Å²) in [5.41, 5.74) is 5.99. The largest absolute Gasteiger partial charge is 0.326 e. The molecule has 0 bridgehead atoms. The Morgan fingerprint density at radius 1 is 1.35 bits per heavy atom. The van der Waals surface area contributed by atoms with Crippen LogP contribution in [0.5, 0.6) is 0 Å². The van der Waals surface area contributed by atoms with Gasteiger partial charge in [-0.1, -0.05) is 19.9 Å². The van der Waals surface area contributed by atoms with Crippen molar-refractivity contribution in [3.63, 3.8) is 0 Å². The van der Waals surface area contributed by atoms with Crippen LogP contribution < -0.4 is 10.5 Å². The van der Waals surface area contributed by atoms with Crippen molar-refractivity contribution >= 4 is 10.0 Å². The summed E-state index contributed by atoms with van der Waals surface area (Å²) in [5, 5.41) is 0. The predicted octanol–water partition coefficient (Wildman–Crippen LogP) is 2.00. The summed E-state index contributed by atoms with van der Waals surface area (Å²) < 4.78 is 41.1. The molecule has 0 amide bonds. The van der Waals surface area contributed by atoms with Crippen molar-refractivity contribution in [2.45, 2.75) is 44.2 Å². The molecule has 0 aliphatic heterocycles. The van der Waals surface area contributed by atoms with Gasteiger partial charge in [-0.2, -0.15) is 0 Å². The van der Waals surface area contributed by atoms with Gasteiger partial charge in [0.2, 0.25) is 10.0 Å². The molecule has 3 atom stereocenters. The lowest BCUT2D eigenvalue weighted by Crippen LogP contribution is -2.37. The number of hydrogen-bond donors (Lipinski definition) is 2. The summed E-state index contributed by atoms with van der Waals surface area (Å²) in [7, 11) is -3.82. The molecule has 1 fully saturated rings. The highest BCUT2D eigenvalue weighted by molar-refractivity contribution is 7.89. The average molecular weight is 300 g/mol. The SMILES string of the molecule is CC1CCC(NS(=O)(=O)c2ccc(CN)cc2F)C1C. The molecule has 1 aliphatic rings. The van der Waals surface area contributed by atoms with E-state index in [0.717, 1.165) is 12.8 Å². The zero-order valence-corrected chi connectivity index (χ0v) is 12.6. The lowest BCUT2D eigenvalue weighted by molar-refractivity contribution is 0.401.